The van der Waals surface area contributed by atoms with Gasteiger partial charge in [-0.2, -0.15) is 0 Å². The molecular weight excluding hydrogens is 500 g/mol. The van der Waals surface area contributed by atoms with Gasteiger partial charge in [0.25, 0.3) is 5.56 Å². The summed E-state index contributed by atoms with van der Waals surface area (Å²) >= 11 is 0. The van der Waals surface area contributed by atoms with Crippen LogP contribution in [0, 0.1) is 11.6 Å². The lowest BCUT2D eigenvalue weighted by Gasteiger charge is -2.33. The van der Waals surface area contributed by atoms with Crippen LogP contribution in [0.2, 0.25) is 0 Å². The van der Waals surface area contributed by atoms with E-state index in [1.165, 1.54) is 17.0 Å². The van der Waals surface area contributed by atoms with E-state index in [1.54, 1.807) is 24.0 Å². The summed E-state index contributed by atoms with van der Waals surface area (Å²) in [4.78, 5) is 29.8. The summed E-state index contributed by atoms with van der Waals surface area (Å²) in [6.07, 6.45) is 12.6. The van der Waals surface area contributed by atoms with Crippen LogP contribution in [0.4, 0.5) is 14.6 Å². The smallest absolute Gasteiger partial charge is 0.278 e. The first-order valence-electron chi connectivity index (χ1n) is 13.1. The maximum Gasteiger partial charge on any atom is 0.278 e. The Morgan fingerprint density at radius 3 is 2.87 bits per heavy atom. The number of allylic oxidation sites excluding steroid dienone is 1. The molecule has 6 rings (SSSR count). The lowest BCUT2D eigenvalue weighted by Crippen LogP contribution is -2.44. The number of pyridine rings is 1. The average molecular weight is 530 g/mol. The molecule has 2 N–H and O–H groups in total. The molecule has 1 saturated heterocycles. The van der Waals surface area contributed by atoms with Gasteiger partial charge >= 0.3 is 0 Å². The lowest BCUT2D eigenvalue weighted by molar-refractivity contribution is 0.500. The van der Waals surface area contributed by atoms with Gasteiger partial charge in [-0.25, -0.2) is 13.8 Å². The second kappa shape index (κ2) is 10.2. The van der Waals surface area contributed by atoms with Gasteiger partial charge in [-0.3, -0.25) is 23.9 Å². The third kappa shape index (κ3) is 4.44. The summed E-state index contributed by atoms with van der Waals surface area (Å²) in [5.41, 5.74) is 10.7. The number of piperidine rings is 1. The van der Waals surface area contributed by atoms with Crippen LogP contribution in [0.15, 0.2) is 52.7 Å². The maximum absolute atomic E-state index is 14.5. The van der Waals surface area contributed by atoms with Crippen molar-refractivity contribution in [3.05, 3.63) is 87.2 Å². The van der Waals surface area contributed by atoms with E-state index < -0.39 is 11.6 Å². The molecule has 1 aromatic carbocycles. The Labute approximate surface area is 224 Å². The molecule has 0 spiro atoms. The van der Waals surface area contributed by atoms with Gasteiger partial charge in [-0.15, -0.1) is 0 Å². The molecule has 39 heavy (non-hydrogen) atoms. The highest BCUT2D eigenvalue weighted by molar-refractivity contribution is 6.04. The molecule has 0 saturated carbocycles. The molecule has 10 heteroatoms. The molecule has 4 heterocycles. The molecule has 2 aliphatic rings. The van der Waals surface area contributed by atoms with Crippen LogP contribution in [0.3, 0.4) is 0 Å². The predicted octanol–water partition coefficient (Wildman–Crippen LogP) is 3.84. The van der Waals surface area contributed by atoms with Crippen molar-refractivity contribution in [2.24, 2.45) is 10.7 Å². The molecule has 1 fully saturated rings. The first-order valence-corrected chi connectivity index (χ1v) is 13.1. The van der Waals surface area contributed by atoms with Crippen molar-refractivity contribution in [3.63, 3.8) is 0 Å². The minimum absolute atomic E-state index is 0.0596. The number of hydrogen-bond donors (Lipinski definition) is 1. The number of halogens is 2. The Balaban J connectivity index is 1.60. The molecule has 3 aromatic heterocycles. The number of nitrogens with zero attached hydrogens (tertiary/aromatic N) is 6. The van der Waals surface area contributed by atoms with E-state index in [0.29, 0.717) is 35.7 Å². The monoisotopic (exact) mass is 529 g/mol. The normalized spacial score (nSPS) is 17.3. The van der Waals surface area contributed by atoms with Crippen molar-refractivity contribution in [2.75, 3.05) is 25.0 Å². The predicted molar refractivity (Wildman–Crippen MR) is 149 cm³/mol. The Morgan fingerprint density at radius 2 is 2.08 bits per heavy atom. The molecule has 200 valence electrons. The van der Waals surface area contributed by atoms with Gasteiger partial charge in [0.1, 0.15) is 16.9 Å². The molecule has 0 amide bonds. The number of fused-ring (bicyclic) bond motifs is 2. The fraction of sp³-hybridized carbons (Fsp3) is 0.310. The van der Waals surface area contributed by atoms with E-state index >= 15 is 0 Å². The SMILES string of the molecule is CN=Cc1c(N2CCC[C@H](N)C2)n(-c2ccc(F)c(F)c2)c2c(=O)n(Cc3nccc4c3CCC=C4)cnc12. The van der Waals surface area contributed by atoms with Crippen molar-refractivity contribution in [3.8, 4) is 5.69 Å². The highest BCUT2D eigenvalue weighted by Gasteiger charge is 2.29. The van der Waals surface area contributed by atoms with Crippen LogP contribution in [0.5, 0.6) is 0 Å². The Bertz CT molecular complexity index is 1690. The number of rotatable bonds is 5. The highest BCUT2D eigenvalue weighted by Crippen LogP contribution is 2.34. The van der Waals surface area contributed by atoms with Crippen LogP contribution >= 0.6 is 0 Å². The summed E-state index contributed by atoms with van der Waals surface area (Å²) < 4.78 is 31.7. The third-order valence-electron chi connectivity index (χ3n) is 7.48. The van der Waals surface area contributed by atoms with E-state index in [-0.39, 0.29) is 23.7 Å². The minimum Gasteiger partial charge on any atom is -0.356 e. The van der Waals surface area contributed by atoms with E-state index in [1.807, 2.05) is 6.07 Å². The highest BCUT2D eigenvalue weighted by atomic mass is 19.2. The fourth-order valence-electron chi connectivity index (χ4n) is 5.69. The molecule has 4 aromatic rings. The van der Waals surface area contributed by atoms with Crippen molar-refractivity contribution in [1.29, 1.82) is 0 Å². The standard InChI is InChI=1S/C29H29F2N7O/c1-33-14-22-26-27(29(39)37(17-35-26)16-25-21-7-3-2-5-18(21)10-11-34-25)38(20-8-9-23(30)24(31)13-20)28(22)36-12-4-6-19(32)15-36/h2,5,8-11,13-14,17,19H,3-4,6-7,12,15-16,32H2,1H3/t19-/m0/s1. The third-order valence-corrected chi connectivity index (χ3v) is 7.48. The molecule has 0 bridgehead atoms. The van der Waals surface area contributed by atoms with Gasteiger partial charge in [-0.1, -0.05) is 12.2 Å². The molecule has 1 atom stereocenters. The van der Waals surface area contributed by atoms with E-state index in [9.17, 15) is 13.6 Å². The van der Waals surface area contributed by atoms with Crippen molar-refractivity contribution < 1.29 is 8.78 Å². The van der Waals surface area contributed by atoms with Crippen LogP contribution in [0.1, 0.15) is 41.6 Å². The van der Waals surface area contributed by atoms with Crippen LogP contribution in [-0.4, -0.2) is 51.5 Å². The molecule has 8 nitrogen and oxygen atoms in total. The van der Waals surface area contributed by atoms with Crippen molar-refractivity contribution >= 4 is 29.1 Å². The number of aromatic nitrogens is 4. The summed E-state index contributed by atoms with van der Waals surface area (Å²) in [7, 11) is 1.65. The second-order valence-electron chi connectivity index (χ2n) is 10.0. The van der Waals surface area contributed by atoms with Gasteiger partial charge in [0, 0.05) is 44.7 Å². The van der Waals surface area contributed by atoms with Gasteiger partial charge in [0.05, 0.1) is 29.8 Å². The fourth-order valence-corrected chi connectivity index (χ4v) is 5.69. The topological polar surface area (TPSA) is 94.3 Å². The van der Waals surface area contributed by atoms with Gasteiger partial charge in [0.2, 0.25) is 0 Å². The molecular formula is C29H29F2N7O. The van der Waals surface area contributed by atoms with Crippen molar-refractivity contribution in [2.45, 2.75) is 38.3 Å². The summed E-state index contributed by atoms with van der Waals surface area (Å²) in [6.45, 7) is 1.48. The minimum atomic E-state index is -1.00. The molecule has 0 unspecified atom stereocenters. The maximum atomic E-state index is 14.5. The summed E-state index contributed by atoms with van der Waals surface area (Å²) in [5, 5.41) is 0. The average Bonchev–Trinajstić information content (AvgIpc) is 3.27. The first kappa shape index (κ1) is 25.1. The molecule has 1 aliphatic heterocycles. The van der Waals surface area contributed by atoms with E-state index in [4.69, 9.17) is 10.7 Å². The Kier molecular flexibility index (Phi) is 6.56. The van der Waals surface area contributed by atoms with Gasteiger partial charge in [-0.05, 0) is 55.0 Å². The summed E-state index contributed by atoms with van der Waals surface area (Å²) in [5.74, 6) is -1.32. The molecule has 0 radical (unpaired) electrons. The Hall–Kier alpha value is -4.18. The van der Waals surface area contributed by atoms with E-state index in [2.05, 4.69) is 27.0 Å². The second-order valence-corrected chi connectivity index (χ2v) is 10.0. The zero-order chi connectivity index (χ0) is 27.1. The summed E-state index contributed by atoms with van der Waals surface area (Å²) in [6, 6.07) is 5.55. The quantitative estimate of drug-likeness (QED) is 0.397. The van der Waals surface area contributed by atoms with Gasteiger partial charge < -0.3 is 10.6 Å². The van der Waals surface area contributed by atoms with Crippen LogP contribution in [0.25, 0.3) is 22.8 Å². The van der Waals surface area contributed by atoms with Crippen LogP contribution < -0.4 is 16.2 Å². The van der Waals surface area contributed by atoms with Crippen molar-refractivity contribution in [1.82, 2.24) is 19.1 Å². The zero-order valence-corrected chi connectivity index (χ0v) is 21.6. The number of benzene rings is 1. The van der Waals surface area contributed by atoms with Gasteiger partial charge in [0.15, 0.2) is 11.6 Å². The number of aliphatic imine (C=N–C) groups is 1. The first-order chi connectivity index (χ1) is 19.0. The van der Waals surface area contributed by atoms with Crippen LogP contribution in [-0.2, 0) is 13.0 Å². The number of hydrogen-bond acceptors (Lipinski definition) is 6. The number of anilines is 1. The lowest BCUT2D eigenvalue weighted by atomic mass is 9.96. The Morgan fingerprint density at radius 1 is 1.21 bits per heavy atom. The molecule has 1 aliphatic carbocycles. The number of nitrogens with two attached hydrogens (primary N) is 1. The zero-order valence-electron chi connectivity index (χ0n) is 21.6. The van der Waals surface area contributed by atoms with E-state index in [0.717, 1.165) is 54.6 Å². The largest absolute Gasteiger partial charge is 0.356 e.